The van der Waals surface area contributed by atoms with Crippen molar-refractivity contribution in [2.24, 2.45) is 25.7 Å². The maximum atomic E-state index is 6.29. The number of aliphatic imine (C=N–C) groups is 4. The van der Waals surface area contributed by atoms with Crippen molar-refractivity contribution in [3.05, 3.63) is 24.2 Å². The van der Waals surface area contributed by atoms with E-state index in [-0.39, 0.29) is 0 Å². The van der Waals surface area contributed by atoms with E-state index in [9.17, 15) is 0 Å². The van der Waals surface area contributed by atoms with Crippen molar-refractivity contribution in [3.63, 3.8) is 0 Å². The number of nitrogens with two attached hydrogens (primary N) is 1. The fourth-order valence-corrected chi connectivity index (χ4v) is 1.97. The molecule has 0 amide bonds. The van der Waals surface area contributed by atoms with Crippen molar-refractivity contribution in [3.8, 4) is 0 Å². The zero-order valence-electron chi connectivity index (χ0n) is 9.29. The molecule has 0 radical (unpaired) electrons. The summed E-state index contributed by atoms with van der Waals surface area (Å²) in [6.07, 6.45) is 3.50. The average Bonchev–Trinajstić information content (AvgIpc) is 2.87. The van der Waals surface area contributed by atoms with Crippen LogP contribution in [0.25, 0.3) is 0 Å². The van der Waals surface area contributed by atoms with Gasteiger partial charge in [0.1, 0.15) is 23.6 Å². The van der Waals surface area contributed by atoms with Gasteiger partial charge in [0.15, 0.2) is 11.5 Å². The van der Waals surface area contributed by atoms with Gasteiger partial charge in [-0.3, -0.25) is 0 Å². The third kappa shape index (κ3) is 1.62. The Morgan fingerprint density at radius 2 is 2.35 bits per heavy atom. The first kappa shape index (κ1) is 10.1. The van der Waals surface area contributed by atoms with Crippen LogP contribution in [0.5, 0.6) is 0 Å². The number of amidine groups is 2. The van der Waals surface area contributed by atoms with Gasteiger partial charge < -0.3 is 10.2 Å². The van der Waals surface area contributed by atoms with Crippen molar-refractivity contribution in [2.45, 2.75) is 19.0 Å². The first-order valence-electron chi connectivity index (χ1n) is 5.25. The van der Waals surface area contributed by atoms with Gasteiger partial charge in [0, 0.05) is 0 Å². The minimum Gasteiger partial charge on any atom is -0.469 e. The van der Waals surface area contributed by atoms with E-state index in [1.807, 2.05) is 12.1 Å². The van der Waals surface area contributed by atoms with Gasteiger partial charge in [-0.1, -0.05) is 0 Å². The van der Waals surface area contributed by atoms with E-state index >= 15 is 0 Å². The van der Waals surface area contributed by atoms with E-state index in [0.29, 0.717) is 23.8 Å². The summed E-state index contributed by atoms with van der Waals surface area (Å²) in [4.78, 5) is 16.8. The molecule has 1 aromatic heterocycles. The Balaban J connectivity index is 1.99. The Morgan fingerprint density at radius 1 is 1.47 bits per heavy atom. The van der Waals surface area contributed by atoms with Crippen LogP contribution in [-0.4, -0.2) is 29.4 Å². The third-order valence-electron chi connectivity index (χ3n) is 2.64. The zero-order chi connectivity index (χ0) is 11.9. The highest BCUT2D eigenvalue weighted by atomic mass is 16.3. The van der Waals surface area contributed by atoms with Crippen molar-refractivity contribution in [1.82, 2.24) is 0 Å². The summed E-state index contributed by atoms with van der Waals surface area (Å²) in [6.45, 7) is 1.79. The molecule has 1 aromatic rings. The number of fused-ring (bicyclic) bond motifs is 1. The summed E-state index contributed by atoms with van der Waals surface area (Å²) in [5.74, 6) is 1.92. The summed E-state index contributed by atoms with van der Waals surface area (Å²) in [5.41, 5.74) is 5.95. The van der Waals surface area contributed by atoms with E-state index in [0.717, 1.165) is 5.76 Å². The lowest BCUT2D eigenvalue weighted by atomic mass is 9.97. The lowest BCUT2D eigenvalue weighted by Gasteiger charge is -2.27. The van der Waals surface area contributed by atoms with Gasteiger partial charge in [-0.05, 0) is 19.1 Å². The Hall–Kier alpha value is -2.08. The topological polar surface area (TPSA) is 88.6 Å². The highest BCUT2D eigenvalue weighted by Gasteiger charge is 2.39. The van der Waals surface area contributed by atoms with E-state index in [1.165, 1.54) is 6.34 Å². The summed E-state index contributed by atoms with van der Waals surface area (Å²) >= 11 is 0. The molecule has 0 saturated heterocycles. The SMILES string of the molecule is CC1=NC(N)(Cc2ccco2)C2=NC=NC2=N1. The van der Waals surface area contributed by atoms with E-state index in [2.05, 4.69) is 20.0 Å². The zero-order valence-corrected chi connectivity index (χ0v) is 9.29. The molecular formula is C11H11N5O. The number of hydrogen-bond acceptors (Lipinski definition) is 6. The minimum atomic E-state index is -0.935. The van der Waals surface area contributed by atoms with Crippen molar-refractivity contribution < 1.29 is 4.42 Å². The first-order valence-corrected chi connectivity index (χ1v) is 5.25. The van der Waals surface area contributed by atoms with Crippen molar-refractivity contribution in [2.75, 3.05) is 0 Å². The maximum absolute atomic E-state index is 6.29. The van der Waals surface area contributed by atoms with E-state index < -0.39 is 5.66 Å². The predicted octanol–water partition coefficient (Wildman–Crippen LogP) is 0.790. The first-order chi connectivity index (χ1) is 8.17. The Labute approximate surface area is 97.7 Å². The third-order valence-corrected chi connectivity index (χ3v) is 2.64. The van der Waals surface area contributed by atoms with Gasteiger partial charge in [-0.15, -0.1) is 0 Å². The molecule has 6 heteroatoms. The molecule has 17 heavy (non-hydrogen) atoms. The summed E-state index contributed by atoms with van der Waals surface area (Å²) in [5, 5.41) is 0. The molecule has 6 nitrogen and oxygen atoms in total. The summed E-state index contributed by atoms with van der Waals surface area (Å²) < 4.78 is 5.30. The standard InChI is InChI=1S/C11H11N5O/c1-7-15-10-9(13-6-14-10)11(12,16-7)5-8-3-2-4-17-8/h2-4,6H,5,12H2,1H3. The molecule has 1 unspecified atom stereocenters. The molecule has 2 N–H and O–H groups in total. The van der Waals surface area contributed by atoms with Crippen LogP contribution in [-0.2, 0) is 6.42 Å². The quantitative estimate of drug-likeness (QED) is 0.812. The van der Waals surface area contributed by atoms with Crippen LogP contribution in [0.15, 0.2) is 42.8 Å². The number of furan rings is 1. The second-order valence-electron chi connectivity index (χ2n) is 4.00. The molecule has 3 heterocycles. The van der Waals surface area contributed by atoms with Crippen LogP contribution in [0.3, 0.4) is 0 Å². The number of nitrogens with zero attached hydrogens (tertiary/aromatic N) is 4. The monoisotopic (exact) mass is 229 g/mol. The predicted molar refractivity (Wildman–Crippen MR) is 65.8 cm³/mol. The minimum absolute atomic E-state index is 0.443. The lowest BCUT2D eigenvalue weighted by Crippen LogP contribution is -2.52. The van der Waals surface area contributed by atoms with Crippen molar-refractivity contribution in [1.29, 1.82) is 0 Å². The second-order valence-corrected chi connectivity index (χ2v) is 4.00. The van der Waals surface area contributed by atoms with E-state index in [1.54, 1.807) is 13.2 Å². The van der Waals surface area contributed by atoms with Gasteiger partial charge >= 0.3 is 0 Å². The number of hydrogen-bond donors (Lipinski definition) is 1. The molecule has 0 saturated carbocycles. The Morgan fingerprint density at radius 3 is 3.12 bits per heavy atom. The Bertz CT molecular complexity index is 567. The van der Waals surface area contributed by atoms with Gasteiger partial charge in [0.2, 0.25) is 0 Å². The molecule has 0 bridgehead atoms. The molecule has 2 aliphatic heterocycles. The fraction of sp³-hybridized carbons (Fsp3) is 0.273. The normalized spacial score (nSPS) is 26.4. The molecule has 86 valence electrons. The summed E-state index contributed by atoms with van der Waals surface area (Å²) in [6, 6.07) is 3.68. The van der Waals surface area contributed by atoms with Crippen LogP contribution >= 0.6 is 0 Å². The van der Waals surface area contributed by atoms with Crippen LogP contribution < -0.4 is 5.73 Å². The highest BCUT2D eigenvalue weighted by Crippen LogP contribution is 2.21. The largest absolute Gasteiger partial charge is 0.469 e. The Kier molecular flexibility index (Phi) is 2.05. The van der Waals surface area contributed by atoms with Gasteiger partial charge in [0.05, 0.1) is 12.7 Å². The lowest BCUT2D eigenvalue weighted by molar-refractivity contribution is 0.462. The molecule has 0 fully saturated rings. The number of rotatable bonds is 2. The molecular weight excluding hydrogens is 218 g/mol. The fourth-order valence-electron chi connectivity index (χ4n) is 1.97. The van der Waals surface area contributed by atoms with Gasteiger partial charge in [-0.2, -0.15) is 0 Å². The van der Waals surface area contributed by atoms with Crippen LogP contribution in [0.4, 0.5) is 0 Å². The van der Waals surface area contributed by atoms with E-state index in [4.69, 9.17) is 10.2 Å². The molecule has 1 atom stereocenters. The van der Waals surface area contributed by atoms with Crippen LogP contribution in [0.2, 0.25) is 0 Å². The highest BCUT2D eigenvalue weighted by molar-refractivity contribution is 6.51. The van der Waals surface area contributed by atoms with Crippen LogP contribution in [0.1, 0.15) is 12.7 Å². The molecule has 0 aliphatic carbocycles. The second kappa shape index (κ2) is 3.46. The average molecular weight is 229 g/mol. The van der Waals surface area contributed by atoms with Gasteiger partial charge in [-0.25, -0.2) is 20.0 Å². The molecule has 3 rings (SSSR count). The molecule has 0 spiro atoms. The van der Waals surface area contributed by atoms with Crippen molar-refractivity contribution >= 4 is 23.7 Å². The summed E-state index contributed by atoms with van der Waals surface area (Å²) in [7, 11) is 0. The molecule has 2 aliphatic rings. The van der Waals surface area contributed by atoms with Gasteiger partial charge in [0.25, 0.3) is 0 Å². The molecule has 0 aromatic carbocycles. The maximum Gasteiger partial charge on any atom is 0.181 e. The smallest absolute Gasteiger partial charge is 0.181 e. The van der Waals surface area contributed by atoms with Crippen LogP contribution in [0, 0.1) is 0 Å².